The molecule has 5 heteroatoms. The first-order valence-electron chi connectivity index (χ1n) is 7.60. The molecule has 126 valence electrons. The summed E-state index contributed by atoms with van der Waals surface area (Å²) in [5.74, 6) is -0.695. The second-order valence-electron chi connectivity index (χ2n) is 5.90. The molecular formula is C19H21NO4. The molecule has 2 N–H and O–H groups in total. The van der Waals surface area contributed by atoms with Crippen LogP contribution in [0.2, 0.25) is 0 Å². The summed E-state index contributed by atoms with van der Waals surface area (Å²) in [6.07, 6.45) is -0.238. The molecule has 1 atom stereocenters. The van der Waals surface area contributed by atoms with Crippen LogP contribution in [0.25, 0.3) is 0 Å². The number of carbonyl (C=O) groups excluding carboxylic acids is 1. The Morgan fingerprint density at radius 1 is 1.17 bits per heavy atom. The van der Waals surface area contributed by atoms with Gasteiger partial charge < -0.3 is 15.2 Å². The topological polar surface area (TPSA) is 75.6 Å². The zero-order valence-corrected chi connectivity index (χ0v) is 14.0. The fourth-order valence-electron chi connectivity index (χ4n) is 2.63. The first kappa shape index (κ1) is 17.5. The number of aryl methyl sites for hydroxylation is 1. The van der Waals surface area contributed by atoms with E-state index in [1.54, 1.807) is 50.4 Å². The Morgan fingerprint density at radius 3 is 2.50 bits per heavy atom. The minimum Gasteiger partial charge on any atom is -0.497 e. The third-order valence-electron chi connectivity index (χ3n) is 3.99. The van der Waals surface area contributed by atoms with Gasteiger partial charge in [0.05, 0.1) is 19.1 Å². The molecule has 0 heterocycles. The maximum absolute atomic E-state index is 12.7. The zero-order chi connectivity index (χ0) is 17.7. The maximum atomic E-state index is 12.7. The van der Waals surface area contributed by atoms with Crippen molar-refractivity contribution in [3.05, 3.63) is 65.2 Å². The third kappa shape index (κ3) is 3.93. The van der Waals surface area contributed by atoms with E-state index >= 15 is 0 Å². The first-order chi connectivity index (χ1) is 11.4. The molecule has 2 aromatic rings. The van der Waals surface area contributed by atoms with Crippen molar-refractivity contribution in [2.75, 3.05) is 7.11 Å². The van der Waals surface area contributed by atoms with Crippen molar-refractivity contribution >= 4 is 11.9 Å². The molecule has 0 aliphatic carbocycles. The summed E-state index contributed by atoms with van der Waals surface area (Å²) in [4.78, 5) is 24.0. The Balaban J connectivity index is 2.39. The highest BCUT2D eigenvalue weighted by Gasteiger charge is 2.32. The normalized spacial score (nSPS) is 13.0. The summed E-state index contributed by atoms with van der Waals surface area (Å²) in [6.45, 7) is 3.54. The highest BCUT2D eigenvalue weighted by molar-refractivity contribution is 5.96. The number of aliphatic carboxylic acids is 1. The molecular weight excluding hydrogens is 306 g/mol. The number of benzene rings is 2. The van der Waals surface area contributed by atoms with Crippen molar-refractivity contribution in [3.8, 4) is 5.75 Å². The van der Waals surface area contributed by atoms with Crippen molar-refractivity contribution in [2.45, 2.75) is 25.8 Å². The predicted molar refractivity (Wildman–Crippen MR) is 91.2 cm³/mol. The lowest BCUT2D eigenvalue weighted by atomic mass is 9.87. The number of hydrogen-bond acceptors (Lipinski definition) is 3. The molecule has 2 aromatic carbocycles. The second-order valence-corrected chi connectivity index (χ2v) is 5.90. The van der Waals surface area contributed by atoms with Crippen molar-refractivity contribution in [3.63, 3.8) is 0 Å². The van der Waals surface area contributed by atoms with Gasteiger partial charge >= 0.3 is 5.97 Å². The molecule has 0 radical (unpaired) electrons. The van der Waals surface area contributed by atoms with Crippen LogP contribution in [0.15, 0.2) is 48.5 Å². The molecule has 0 aliphatic rings. The fraction of sp³-hybridized carbons (Fsp3) is 0.263. The summed E-state index contributed by atoms with van der Waals surface area (Å²) < 4.78 is 5.20. The van der Waals surface area contributed by atoms with E-state index in [1.165, 1.54) is 0 Å². The predicted octanol–water partition coefficient (Wildman–Crippen LogP) is 3.12. The quantitative estimate of drug-likeness (QED) is 0.855. The van der Waals surface area contributed by atoms with Crippen LogP contribution in [0.1, 0.15) is 34.8 Å². The number of amides is 1. The number of carbonyl (C=O) groups is 2. The van der Waals surface area contributed by atoms with E-state index < -0.39 is 11.5 Å². The SMILES string of the molecule is COc1cccc(C(C)(CC(=O)O)NC(=O)c2ccccc2C)c1. The molecule has 1 amide bonds. The van der Waals surface area contributed by atoms with E-state index in [1.807, 2.05) is 19.1 Å². The van der Waals surface area contributed by atoms with Crippen LogP contribution in [0.3, 0.4) is 0 Å². The van der Waals surface area contributed by atoms with Crippen molar-refractivity contribution in [2.24, 2.45) is 0 Å². The molecule has 0 bridgehead atoms. The number of nitrogens with one attached hydrogen (secondary N) is 1. The number of hydrogen-bond donors (Lipinski definition) is 2. The summed E-state index contributed by atoms with van der Waals surface area (Å²) in [6, 6.07) is 14.3. The largest absolute Gasteiger partial charge is 0.497 e. The highest BCUT2D eigenvalue weighted by atomic mass is 16.5. The van der Waals surface area contributed by atoms with E-state index in [0.717, 1.165) is 5.56 Å². The second kappa shape index (κ2) is 7.17. The van der Waals surface area contributed by atoms with Gasteiger partial charge in [0.25, 0.3) is 5.91 Å². The van der Waals surface area contributed by atoms with Crippen LogP contribution >= 0.6 is 0 Å². The van der Waals surface area contributed by atoms with Crippen LogP contribution < -0.4 is 10.1 Å². The number of carboxylic acids is 1. The van der Waals surface area contributed by atoms with Crippen molar-refractivity contribution in [1.29, 1.82) is 0 Å². The molecule has 5 nitrogen and oxygen atoms in total. The van der Waals surface area contributed by atoms with Gasteiger partial charge in [0, 0.05) is 5.56 Å². The van der Waals surface area contributed by atoms with Crippen molar-refractivity contribution < 1.29 is 19.4 Å². The molecule has 0 saturated carbocycles. The van der Waals surface area contributed by atoms with Gasteiger partial charge in [-0.15, -0.1) is 0 Å². The average Bonchev–Trinajstić information content (AvgIpc) is 2.54. The monoisotopic (exact) mass is 327 g/mol. The Labute approximate surface area is 141 Å². The van der Waals surface area contributed by atoms with Gasteiger partial charge in [0.2, 0.25) is 0 Å². The number of carboxylic acid groups (broad SMARTS) is 1. The Morgan fingerprint density at radius 2 is 1.88 bits per heavy atom. The van der Waals surface area contributed by atoms with Gasteiger partial charge in [-0.1, -0.05) is 30.3 Å². The number of ether oxygens (including phenoxy) is 1. The third-order valence-corrected chi connectivity index (χ3v) is 3.99. The molecule has 1 unspecified atom stereocenters. The van der Waals surface area contributed by atoms with E-state index in [-0.39, 0.29) is 12.3 Å². The Bertz CT molecular complexity index is 757. The highest BCUT2D eigenvalue weighted by Crippen LogP contribution is 2.28. The maximum Gasteiger partial charge on any atom is 0.306 e. The molecule has 0 aliphatic heterocycles. The van der Waals surface area contributed by atoms with Gasteiger partial charge in [-0.3, -0.25) is 9.59 Å². The first-order valence-corrected chi connectivity index (χ1v) is 7.60. The summed E-state index contributed by atoms with van der Waals surface area (Å²) in [7, 11) is 1.54. The van der Waals surface area contributed by atoms with Gasteiger partial charge in [-0.25, -0.2) is 0 Å². The minimum absolute atomic E-state index is 0.238. The summed E-state index contributed by atoms with van der Waals surface area (Å²) >= 11 is 0. The van der Waals surface area contributed by atoms with E-state index in [2.05, 4.69) is 5.32 Å². The van der Waals surface area contributed by atoms with E-state index in [9.17, 15) is 14.7 Å². The van der Waals surface area contributed by atoms with Crippen LogP contribution in [0, 0.1) is 6.92 Å². The van der Waals surface area contributed by atoms with Gasteiger partial charge in [-0.05, 0) is 43.2 Å². The molecule has 0 aromatic heterocycles. The van der Waals surface area contributed by atoms with Gasteiger partial charge in [0.15, 0.2) is 0 Å². The smallest absolute Gasteiger partial charge is 0.306 e. The molecule has 24 heavy (non-hydrogen) atoms. The van der Waals surface area contributed by atoms with Gasteiger partial charge in [-0.2, -0.15) is 0 Å². The number of methoxy groups -OCH3 is 1. The van der Waals surface area contributed by atoms with Crippen LogP contribution in [-0.4, -0.2) is 24.1 Å². The molecule has 0 fully saturated rings. The minimum atomic E-state index is -1.06. The molecule has 2 rings (SSSR count). The average molecular weight is 327 g/mol. The summed E-state index contributed by atoms with van der Waals surface area (Å²) in [5, 5.41) is 12.2. The molecule has 0 saturated heterocycles. The Hall–Kier alpha value is -2.82. The Kier molecular flexibility index (Phi) is 5.24. The van der Waals surface area contributed by atoms with Crippen LogP contribution in [-0.2, 0) is 10.3 Å². The van der Waals surface area contributed by atoms with E-state index in [0.29, 0.717) is 16.9 Å². The zero-order valence-electron chi connectivity index (χ0n) is 14.0. The number of rotatable bonds is 6. The van der Waals surface area contributed by atoms with Crippen LogP contribution in [0.5, 0.6) is 5.75 Å². The molecule has 0 spiro atoms. The lowest BCUT2D eigenvalue weighted by Gasteiger charge is -2.30. The van der Waals surface area contributed by atoms with Crippen molar-refractivity contribution in [1.82, 2.24) is 5.32 Å². The van der Waals surface area contributed by atoms with Crippen LogP contribution in [0.4, 0.5) is 0 Å². The lowest BCUT2D eigenvalue weighted by Crippen LogP contribution is -2.45. The van der Waals surface area contributed by atoms with Gasteiger partial charge in [0.1, 0.15) is 5.75 Å². The van der Waals surface area contributed by atoms with E-state index in [4.69, 9.17) is 4.74 Å². The fourth-order valence-corrected chi connectivity index (χ4v) is 2.63. The standard InChI is InChI=1S/C19H21NO4/c1-13-7-4-5-10-16(13)18(23)20-19(2,12-17(21)22)14-8-6-9-15(11-14)24-3/h4-11H,12H2,1-3H3,(H,20,23)(H,21,22). The lowest BCUT2D eigenvalue weighted by molar-refractivity contribution is -0.138. The summed E-state index contributed by atoms with van der Waals surface area (Å²) in [5.41, 5.74) is 0.973.